The molecule has 2 aromatic rings. The number of phenolic OH excluding ortho intramolecular Hbond substituents is 1. The molecule has 0 spiro atoms. The molecule has 0 aliphatic rings. The van der Waals surface area contributed by atoms with Crippen LogP contribution in [0.1, 0.15) is 18.1 Å². The molecule has 0 saturated heterocycles. The normalized spacial score (nSPS) is 13.5. The summed E-state index contributed by atoms with van der Waals surface area (Å²) in [5, 5.41) is 20.2. The Morgan fingerprint density at radius 1 is 1.05 bits per heavy atom. The molecule has 20 heavy (non-hydrogen) atoms. The van der Waals surface area contributed by atoms with E-state index in [-0.39, 0.29) is 12.4 Å². The maximum atomic E-state index is 12.2. The first kappa shape index (κ1) is 14.1. The van der Waals surface area contributed by atoms with Crippen molar-refractivity contribution in [3.8, 4) is 5.75 Å². The highest BCUT2D eigenvalue weighted by Gasteiger charge is 2.41. The maximum absolute atomic E-state index is 12.2. The molecule has 104 valence electrons. The van der Waals surface area contributed by atoms with Crippen molar-refractivity contribution < 1.29 is 19.7 Å². The zero-order valence-electron chi connectivity index (χ0n) is 11.1. The van der Waals surface area contributed by atoms with Gasteiger partial charge in [-0.3, -0.25) is 0 Å². The van der Waals surface area contributed by atoms with Gasteiger partial charge in [-0.15, -0.1) is 0 Å². The average Bonchev–Trinajstić information content (AvgIpc) is 2.48. The minimum Gasteiger partial charge on any atom is -0.508 e. The fourth-order valence-corrected chi connectivity index (χ4v) is 2.02. The fourth-order valence-electron chi connectivity index (χ4n) is 2.02. The van der Waals surface area contributed by atoms with Crippen LogP contribution in [0.4, 0.5) is 0 Å². The van der Waals surface area contributed by atoms with Crippen LogP contribution in [0.5, 0.6) is 5.75 Å². The lowest BCUT2D eigenvalue weighted by molar-refractivity contribution is -0.161. The van der Waals surface area contributed by atoms with Crippen molar-refractivity contribution in [3.05, 3.63) is 65.7 Å². The van der Waals surface area contributed by atoms with Crippen molar-refractivity contribution in [1.82, 2.24) is 0 Å². The summed E-state index contributed by atoms with van der Waals surface area (Å²) in [6.45, 7) is 1.85. The van der Waals surface area contributed by atoms with Crippen LogP contribution >= 0.6 is 0 Å². The van der Waals surface area contributed by atoms with Gasteiger partial charge in [-0.25, -0.2) is 4.79 Å². The summed E-state index contributed by atoms with van der Waals surface area (Å²) in [5.41, 5.74) is -1.12. The van der Waals surface area contributed by atoms with Crippen molar-refractivity contribution in [2.45, 2.75) is 12.5 Å². The Hall–Kier alpha value is -2.33. The van der Waals surface area contributed by atoms with Crippen molar-refractivity contribution in [3.63, 3.8) is 0 Å². The molecule has 0 amide bonds. The molecule has 0 aliphatic heterocycles. The summed E-state index contributed by atoms with van der Waals surface area (Å²) >= 11 is 0. The highest BCUT2D eigenvalue weighted by molar-refractivity contribution is 5.85. The van der Waals surface area contributed by atoms with Gasteiger partial charge in [0.15, 0.2) is 0 Å². The molecule has 0 radical (unpaired) electrons. The summed E-state index contributed by atoms with van der Waals surface area (Å²) in [7, 11) is 0. The molecular formula is C16H16O4. The SMILES string of the molecule is CCOC(=O)C(O)(c1ccccc1)c1ccc(O)cc1. The zero-order chi connectivity index (χ0) is 14.6. The molecule has 0 aliphatic carbocycles. The van der Waals surface area contributed by atoms with Crippen LogP contribution in [-0.4, -0.2) is 22.8 Å². The number of benzene rings is 2. The Morgan fingerprint density at radius 2 is 1.60 bits per heavy atom. The predicted octanol–water partition coefficient (Wildman–Crippen LogP) is 2.19. The Balaban J connectivity index is 2.55. The monoisotopic (exact) mass is 272 g/mol. The van der Waals surface area contributed by atoms with Gasteiger partial charge in [-0.05, 0) is 30.2 Å². The second kappa shape index (κ2) is 5.75. The molecule has 2 aromatic carbocycles. The van der Waals surface area contributed by atoms with E-state index >= 15 is 0 Å². The fraction of sp³-hybridized carbons (Fsp3) is 0.188. The molecule has 0 bridgehead atoms. The van der Waals surface area contributed by atoms with E-state index in [1.165, 1.54) is 24.3 Å². The number of esters is 1. The highest BCUT2D eigenvalue weighted by Crippen LogP contribution is 2.32. The van der Waals surface area contributed by atoms with Crippen molar-refractivity contribution in [2.75, 3.05) is 6.61 Å². The maximum Gasteiger partial charge on any atom is 0.347 e. The van der Waals surface area contributed by atoms with E-state index < -0.39 is 11.6 Å². The molecule has 1 unspecified atom stereocenters. The lowest BCUT2D eigenvalue weighted by atomic mass is 9.86. The minimum absolute atomic E-state index is 0.0630. The smallest absolute Gasteiger partial charge is 0.347 e. The van der Waals surface area contributed by atoms with Crippen LogP contribution < -0.4 is 0 Å². The van der Waals surface area contributed by atoms with E-state index in [1.807, 2.05) is 0 Å². The van der Waals surface area contributed by atoms with Gasteiger partial charge < -0.3 is 14.9 Å². The molecule has 0 heterocycles. The number of aliphatic hydroxyl groups is 1. The van der Waals surface area contributed by atoms with Crippen molar-refractivity contribution in [2.24, 2.45) is 0 Å². The molecule has 0 saturated carbocycles. The number of ether oxygens (including phenoxy) is 1. The lowest BCUT2D eigenvalue weighted by Crippen LogP contribution is -2.38. The molecule has 4 nitrogen and oxygen atoms in total. The average molecular weight is 272 g/mol. The Morgan fingerprint density at radius 3 is 2.15 bits per heavy atom. The number of carbonyl (C=O) groups is 1. The number of phenols is 1. The summed E-state index contributed by atoms with van der Waals surface area (Å²) in [5.74, 6) is -0.676. The van der Waals surface area contributed by atoms with Gasteiger partial charge in [0.05, 0.1) is 6.61 Å². The van der Waals surface area contributed by atoms with E-state index in [4.69, 9.17) is 4.74 Å². The second-order valence-corrected chi connectivity index (χ2v) is 4.34. The number of carbonyl (C=O) groups excluding carboxylic acids is 1. The summed E-state index contributed by atoms with van der Waals surface area (Å²) < 4.78 is 4.99. The first-order valence-electron chi connectivity index (χ1n) is 6.33. The van der Waals surface area contributed by atoms with E-state index in [1.54, 1.807) is 37.3 Å². The van der Waals surface area contributed by atoms with Crippen LogP contribution in [0.2, 0.25) is 0 Å². The van der Waals surface area contributed by atoms with Gasteiger partial charge in [0.2, 0.25) is 5.60 Å². The second-order valence-electron chi connectivity index (χ2n) is 4.34. The van der Waals surface area contributed by atoms with Crippen LogP contribution in [-0.2, 0) is 15.1 Å². The highest BCUT2D eigenvalue weighted by atomic mass is 16.5. The summed E-state index contributed by atoms with van der Waals surface area (Å²) in [6.07, 6.45) is 0. The Kier molecular flexibility index (Phi) is 4.05. The van der Waals surface area contributed by atoms with Gasteiger partial charge in [0.1, 0.15) is 5.75 Å². The molecule has 2 N–H and O–H groups in total. The molecule has 1 atom stereocenters. The first-order valence-corrected chi connectivity index (χ1v) is 6.33. The lowest BCUT2D eigenvalue weighted by Gasteiger charge is -2.26. The van der Waals surface area contributed by atoms with E-state index in [2.05, 4.69) is 0 Å². The molecular weight excluding hydrogens is 256 g/mol. The molecule has 0 aromatic heterocycles. The van der Waals surface area contributed by atoms with Gasteiger partial charge in [-0.2, -0.15) is 0 Å². The Labute approximate surface area is 117 Å². The third-order valence-corrected chi connectivity index (χ3v) is 3.05. The van der Waals surface area contributed by atoms with Crippen LogP contribution in [0, 0.1) is 0 Å². The zero-order valence-corrected chi connectivity index (χ0v) is 11.1. The van der Waals surface area contributed by atoms with Crippen molar-refractivity contribution >= 4 is 5.97 Å². The Bertz CT molecular complexity index is 577. The minimum atomic E-state index is -1.88. The number of rotatable bonds is 4. The third kappa shape index (κ3) is 2.51. The van der Waals surface area contributed by atoms with Crippen molar-refractivity contribution in [1.29, 1.82) is 0 Å². The molecule has 4 heteroatoms. The van der Waals surface area contributed by atoms with Gasteiger partial charge >= 0.3 is 5.97 Å². The van der Waals surface area contributed by atoms with E-state index in [0.29, 0.717) is 11.1 Å². The number of hydrogen-bond donors (Lipinski definition) is 2. The standard InChI is InChI=1S/C16H16O4/c1-2-20-15(18)16(19,12-6-4-3-5-7-12)13-8-10-14(17)11-9-13/h3-11,17,19H,2H2,1H3. The quantitative estimate of drug-likeness (QED) is 0.837. The van der Waals surface area contributed by atoms with E-state index in [9.17, 15) is 15.0 Å². The molecule has 2 rings (SSSR count). The first-order chi connectivity index (χ1) is 9.59. The van der Waals surface area contributed by atoms with Crippen LogP contribution in [0.25, 0.3) is 0 Å². The van der Waals surface area contributed by atoms with Gasteiger partial charge in [0, 0.05) is 0 Å². The number of aromatic hydroxyl groups is 1. The topological polar surface area (TPSA) is 66.8 Å². The van der Waals surface area contributed by atoms with E-state index in [0.717, 1.165) is 0 Å². The summed E-state index contributed by atoms with van der Waals surface area (Å²) in [6, 6.07) is 14.4. The summed E-state index contributed by atoms with van der Waals surface area (Å²) in [4.78, 5) is 12.2. The van der Waals surface area contributed by atoms with Crippen LogP contribution in [0.3, 0.4) is 0 Å². The van der Waals surface area contributed by atoms with Crippen LogP contribution in [0.15, 0.2) is 54.6 Å². The predicted molar refractivity (Wildman–Crippen MR) is 74.2 cm³/mol. The third-order valence-electron chi connectivity index (χ3n) is 3.05. The van der Waals surface area contributed by atoms with Gasteiger partial charge in [0.25, 0.3) is 0 Å². The molecule has 0 fully saturated rings. The number of hydrogen-bond acceptors (Lipinski definition) is 4. The largest absolute Gasteiger partial charge is 0.508 e. The van der Waals surface area contributed by atoms with Gasteiger partial charge in [-0.1, -0.05) is 42.5 Å².